The minimum Gasteiger partial charge on any atom is -0.489 e. The molecule has 0 aliphatic rings. The number of halogens is 1. The number of hydrogen-bond donors (Lipinski definition) is 1. The molecule has 3 aromatic rings. The summed E-state index contributed by atoms with van der Waals surface area (Å²) >= 11 is 1.28. The molecule has 0 atom stereocenters. The highest BCUT2D eigenvalue weighted by atomic mass is 32.1. The van der Waals surface area contributed by atoms with Gasteiger partial charge in [0.2, 0.25) is 10.1 Å². The molecular formula is C14H13FN4O2S. The second-order valence-corrected chi connectivity index (χ2v) is 5.50. The number of aryl methyl sites for hydroxylation is 1. The van der Waals surface area contributed by atoms with Crippen LogP contribution in [0.15, 0.2) is 35.1 Å². The number of hydrogen-bond acceptors (Lipinski definition) is 6. The summed E-state index contributed by atoms with van der Waals surface area (Å²) in [5.41, 5.74) is 0.442. The van der Waals surface area contributed by atoms with E-state index in [1.54, 1.807) is 25.1 Å². The summed E-state index contributed by atoms with van der Waals surface area (Å²) < 4.78 is 19.9. The number of benzene rings is 1. The van der Waals surface area contributed by atoms with Crippen molar-refractivity contribution >= 4 is 21.4 Å². The topological polar surface area (TPSA) is 68.5 Å². The molecule has 1 N–H and O–H groups in total. The SMILES string of the molecule is Cc1cc(=O)n2nc(NCCOc3ccccc3F)sc2n1. The summed E-state index contributed by atoms with van der Waals surface area (Å²) in [6.07, 6.45) is 0. The van der Waals surface area contributed by atoms with Gasteiger partial charge in [0.25, 0.3) is 5.56 Å². The summed E-state index contributed by atoms with van der Waals surface area (Å²) in [6, 6.07) is 7.65. The first kappa shape index (κ1) is 14.5. The maximum atomic E-state index is 13.4. The molecule has 22 heavy (non-hydrogen) atoms. The number of rotatable bonds is 5. The number of para-hydroxylation sites is 1. The van der Waals surface area contributed by atoms with Gasteiger partial charge in [-0.3, -0.25) is 4.79 Å². The monoisotopic (exact) mass is 320 g/mol. The maximum absolute atomic E-state index is 13.4. The number of nitrogens with one attached hydrogen (secondary N) is 1. The lowest BCUT2D eigenvalue weighted by Gasteiger charge is -2.06. The molecule has 0 fully saturated rings. The van der Waals surface area contributed by atoms with Crippen molar-refractivity contribution in [2.45, 2.75) is 6.92 Å². The fourth-order valence-electron chi connectivity index (χ4n) is 1.87. The largest absolute Gasteiger partial charge is 0.489 e. The van der Waals surface area contributed by atoms with Crippen molar-refractivity contribution in [1.82, 2.24) is 14.6 Å². The predicted molar refractivity (Wildman–Crippen MR) is 82.3 cm³/mol. The van der Waals surface area contributed by atoms with Gasteiger partial charge in [0, 0.05) is 11.8 Å². The lowest BCUT2D eigenvalue weighted by Crippen LogP contribution is -2.15. The molecule has 0 saturated heterocycles. The van der Waals surface area contributed by atoms with E-state index < -0.39 is 5.82 Å². The molecule has 3 rings (SSSR count). The van der Waals surface area contributed by atoms with Crippen molar-refractivity contribution in [2.75, 3.05) is 18.5 Å². The first-order chi connectivity index (χ1) is 10.6. The van der Waals surface area contributed by atoms with Gasteiger partial charge in [-0.25, -0.2) is 9.37 Å². The van der Waals surface area contributed by atoms with Crippen LogP contribution in [0, 0.1) is 12.7 Å². The Hall–Kier alpha value is -2.48. The van der Waals surface area contributed by atoms with E-state index in [2.05, 4.69) is 15.4 Å². The molecule has 0 saturated carbocycles. The van der Waals surface area contributed by atoms with Crippen LogP contribution in [0.2, 0.25) is 0 Å². The summed E-state index contributed by atoms with van der Waals surface area (Å²) in [5, 5.41) is 7.73. The summed E-state index contributed by atoms with van der Waals surface area (Å²) in [5.74, 6) is -0.184. The van der Waals surface area contributed by atoms with Crippen molar-refractivity contribution in [2.24, 2.45) is 0 Å². The average Bonchev–Trinajstić information content (AvgIpc) is 2.88. The van der Waals surface area contributed by atoms with Gasteiger partial charge in [-0.2, -0.15) is 4.52 Å². The summed E-state index contributed by atoms with van der Waals surface area (Å²) in [4.78, 5) is 16.5. The molecule has 0 aliphatic carbocycles. The van der Waals surface area contributed by atoms with E-state index in [1.807, 2.05) is 0 Å². The number of anilines is 1. The third-order valence-electron chi connectivity index (χ3n) is 2.85. The van der Waals surface area contributed by atoms with Crippen LogP contribution < -0.4 is 15.6 Å². The van der Waals surface area contributed by atoms with E-state index in [0.29, 0.717) is 22.3 Å². The van der Waals surface area contributed by atoms with E-state index in [-0.39, 0.29) is 17.9 Å². The van der Waals surface area contributed by atoms with Crippen molar-refractivity contribution in [3.63, 3.8) is 0 Å². The Bertz CT molecular complexity index is 861. The third kappa shape index (κ3) is 3.06. The predicted octanol–water partition coefficient (Wildman–Crippen LogP) is 2.09. The minimum atomic E-state index is -0.395. The Morgan fingerprint density at radius 1 is 1.41 bits per heavy atom. The maximum Gasteiger partial charge on any atom is 0.275 e. The highest BCUT2D eigenvalue weighted by molar-refractivity contribution is 7.20. The highest BCUT2D eigenvalue weighted by Crippen LogP contribution is 2.17. The van der Waals surface area contributed by atoms with E-state index in [4.69, 9.17) is 4.74 Å². The van der Waals surface area contributed by atoms with Gasteiger partial charge >= 0.3 is 0 Å². The van der Waals surface area contributed by atoms with Crippen LogP contribution in [0.4, 0.5) is 9.52 Å². The molecule has 0 aliphatic heterocycles. The van der Waals surface area contributed by atoms with Crippen molar-refractivity contribution in [3.8, 4) is 5.75 Å². The quantitative estimate of drug-likeness (QED) is 0.729. The number of nitrogens with zero attached hydrogens (tertiary/aromatic N) is 3. The lowest BCUT2D eigenvalue weighted by atomic mass is 10.3. The van der Waals surface area contributed by atoms with Gasteiger partial charge in [-0.05, 0) is 19.1 Å². The average molecular weight is 320 g/mol. The van der Waals surface area contributed by atoms with Crippen LogP contribution >= 0.6 is 11.3 Å². The highest BCUT2D eigenvalue weighted by Gasteiger charge is 2.07. The fourth-order valence-corrected chi connectivity index (χ4v) is 2.75. The number of aromatic nitrogens is 3. The summed E-state index contributed by atoms with van der Waals surface area (Å²) in [7, 11) is 0. The van der Waals surface area contributed by atoms with Gasteiger partial charge in [0.05, 0.1) is 6.54 Å². The molecule has 0 unspecified atom stereocenters. The van der Waals surface area contributed by atoms with Crippen molar-refractivity contribution < 1.29 is 9.13 Å². The molecule has 0 spiro atoms. The van der Waals surface area contributed by atoms with Gasteiger partial charge in [0.15, 0.2) is 11.6 Å². The lowest BCUT2D eigenvalue weighted by molar-refractivity contribution is 0.315. The molecule has 6 nitrogen and oxygen atoms in total. The van der Waals surface area contributed by atoms with Crippen LogP contribution in [-0.4, -0.2) is 27.7 Å². The molecule has 1 aromatic carbocycles. The zero-order valence-corrected chi connectivity index (χ0v) is 12.6. The zero-order chi connectivity index (χ0) is 15.5. The molecule has 0 radical (unpaired) electrons. The van der Waals surface area contributed by atoms with Crippen molar-refractivity contribution in [3.05, 3.63) is 52.2 Å². The smallest absolute Gasteiger partial charge is 0.275 e. The zero-order valence-electron chi connectivity index (χ0n) is 11.7. The molecule has 0 bridgehead atoms. The Labute approximate surface area is 129 Å². The van der Waals surface area contributed by atoms with E-state index in [1.165, 1.54) is 28.0 Å². The normalized spacial score (nSPS) is 10.8. The molecule has 2 heterocycles. The Morgan fingerprint density at radius 2 is 2.23 bits per heavy atom. The molecule has 8 heteroatoms. The molecule has 2 aromatic heterocycles. The first-order valence-electron chi connectivity index (χ1n) is 6.62. The minimum absolute atomic E-state index is 0.210. The van der Waals surface area contributed by atoms with E-state index in [0.717, 1.165) is 0 Å². The van der Waals surface area contributed by atoms with Crippen LogP contribution in [0.3, 0.4) is 0 Å². The van der Waals surface area contributed by atoms with Crippen LogP contribution in [0.5, 0.6) is 5.75 Å². The fraction of sp³-hybridized carbons (Fsp3) is 0.214. The second-order valence-electron chi connectivity index (χ2n) is 4.54. The van der Waals surface area contributed by atoms with Crippen LogP contribution in [-0.2, 0) is 0 Å². The Morgan fingerprint density at radius 3 is 3.05 bits per heavy atom. The second kappa shape index (κ2) is 6.10. The molecule has 114 valence electrons. The van der Waals surface area contributed by atoms with Crippen molar-refractivity contribution in [1.29, 1.82) is 0 Å². The van der Waals surface area contributed by atoms with Crippen LogP contribution in [0.1, 0.15) is 5.69 Å². The van der Waals surface area contributed by atoms with Gasteiger partial charge in [-0.15, -0.1) is 5.10 Å². The summed E-state index contributed by atoms with van der Waals surface area (Å²) in [6.45, 7) is 2.47. The third-order valence-corrected chi connectivity index (χ3v) is 3.71. The first-order valence-corrected chi connectivity index (χ1v) is 7.44. The standard InChI is InChI=1S/C14H13FN4O2S/c1-9-8-12(20)19-14(17-9)22-13(18-19)16-6-7-21-11-5-3-2-4-10(11)15/h2-5,8H,6-7H2,1H3,(H,16,18). The van der Waals surface area contributed by atoms with Gasteiger partial charge in [-0.1, -0.05) is 23.5 Å². The number of fused-ring (bicyclic) bond motifs is 1. The Balaban J connectivity index is 1.61. The van der Waals surface area contributed by atoms with Gasteiger partial charge in [0.1, 0.15) is 6.61 Å². The van der Waals surface area contributed by atoms with E-state index in [9.17, 15) is 9.18 Å². The van der Waals surface area contributed by atoms with Gasteiger partial charge < -0.3 is 10.1 Å². The van der Waals surface area contributed by atoms with Crippen LogP contribution in [0.25, 0.3) is 4.96 Å². The molecular weight excluding hydrogens is 307 g/mol. The number of ether oxygens (including phenoxy) is 1. The Kier molecular flexibility index (Phi) is 4.01. The van der Waals surface area contributed by atoms with E-state index >= 15 is 0 Å². The molecule has 0 amide bonds.